The van der Waals surface area contributed by atoms with Gasteiger partial charge in [-0.15, -0.1) is 0 Å². The molecule has 0 spiro atoms. The van der Waals surface area contributed by atoms with Crippen LogP contribution in [-0.2, 0) is 14.9 Å². The minimum Gasteiger partial charge on any atom is -0.481 e. The van der Waals surface area contributed by atoms with Crippen molar-refractivity contribution in [2.75, 3.05) is 13.1 Å². The quantitative estimate of drug-likeness (QED) is 0.766. The maximum atomic E-state index is 12.9. The molecule has 2 bridgehead atoms. The van der Waals surface area contributed by atoms with Gasteiger partial charge in [0.2, 0.25) is 0 Å². The second kappa shape index (κ2) is 6.71. The summed E-state index contributed by atoms with van der Waals surface area (Å²) in [5.41, 5.74) is 2.09. The summed E-state index contributed by atoms with van der Waals surface area (Å²) in [7, 11) is 0. The van der Waals surface area contributed by atoms with E-state index in [0.29, 0.717) is 12.1 Å². The van der Waals surface area contributed by atoms with Crippen LogP contribution in [0.2, 0.25) is 0 Å². The zero-order valence-electron chi connectivity index (χ0n) is 17.0. The molecular weight excluding hydrogens is 392 g/mol. The summed E-state index contributed by atoms with van der Waals surface area (Å²) in [5.74, 6) is -1.35. The fourth-order valence-electron chi connectivity index (χ4n) is 6.58. The molecule has 4 unspecified atom stereocenters. The van der Waals surface area contributed by atoms with Crippen molar-refractivity contribution in [3.05, 3.63) is 83.6 Å². The number of rotatable bonds is 3. The van der Waals surface area contributed by atoms with Crippen LogP contribution in [-0.4, -0.2) is 35.2 Å². The lowest BCUT2D eigenvalue weighted by Crippen LogP contribution is -2.60. The molecular formula is C25H22N2O4. The van der Waals surface area contributed by atoms with Crippen LogP contribution in [0.15, 0.2) is 61.4 Å². The SMILES string of the molecule is C=COC(=O)N1CC2C3(c4ccc(C#N)cc4)CCC(c4ccccc43)C2(C(=O)O)C1. The number of hydrogen-bond acceptors (Lipinski definition) is 4. The van der Waals surface area contributed by atoms with Crippen LogP contribution in [0.1, 0.15) is 41.0 Å². The molecule has 0 aromatic heterocycles. The average Bonchev–Trinajstić information content (AvgIpc) is 3.24. The largest absolute Gasteiger partial charge is 0.481 e. The summed E-state index contributed by atoms with van der Waals surface area (Å²) in [6.45, 7) is 3.86. The van der Waals surface area contributed by atoms with Gasteiger partial charge in [-0.25, -0.2) is 4.79 Å². The van der Waals surface area contributed by atoms with Crippen molar-refractivity contribution in [1.29, 1.82) is 5.26 Å². The number of likely N-dealkylation sites (tertiary alicyclic amines) is 1. The van der Waals surface area contributed by atoms with Crippen molar-refractivity contribution < 1.29 is 19.4 Å². The Morgan fingerprint density at radius 2 is 1.97 bits per heavy atom. The maximum Gasteiger partial charge on any atom is 0.414 e. The number of nitriles is 1. The lowest BCUT2D eigenvalue weighted by atomic mass is 9.42. The Balaban J connectivity index is 1.76. The highest BCUT2D eigenvalue weighted by Crippen LogP contribution is 2.68. The topological polar surface area (TPSA) is 90.6 Å². The first kappa shape index (κ1) is 19.4. The molecule has 6 nitrogen and oxygen atoms in total. The van der Waals surface area contributed by atoms with Gasteiger partial charge in [-0.2, -0.15) is 5.26 Å². The Morgan fingerprint density at radius 3 is 2.65 bits per heavy atom. The molecule has 156 valence electrons. The molecule has 4 aliphatic rings. The lowest BCUT2D eigenvalue weighted by Gasteiger charge is -2.59. The number of benzene rings is 2. The molecule has 3 aliphatic carbocycles. The Bertz CT molecular complexity index is 1130. The van der Waals surface area contributed by atoms with E-state index in [1.165, 1.54) is 4.90 Å². The van der Waals surface area contributed by atoms with Gasteiger partial charge in [0.1, 0.15) is 0 Å². The van der Waals surface area contributed by atoms with Gasteiger partial charge in [0, 0.05) is 30.3 Å². The van der Waals surface area contributed by atoms with Crippen LogP contribution in [0.3, 0.4) is 0 Å². The van der Waals surface area contributed by atoms with E-state index >= 15 is 0 Å². The molecule has 2 aromatic rings. The van der Waals surface area contributed by atoms with Crippen molar-refractivity contribution in [3.8, 4) is 6.07 Å². The monoisotopic (exact) mass is 414 g/mol. The number of ether oxygens (including phenoxy) is 1. The fourth-order valence-corrected chi connectivity index (χ4v) is 6.58. The number of carboxylic acid groups (broad SMARTS) is 1. The first-order valence-corrected chi connectivity index (χ1v) is 10.4. The van der Waals surface area contributed by atoms with Gasteiger partial charge < -0.3 is 14.7 Å². The van der Waals surface area contributed by atoms with E-state index in [1.807, 2.05) is 30.3 Å². The Labute approximate surface area is 180 Å². The second-order valence-electron chi connectivity index (χ2n) is 8.67. The average molecular weight is 414 g/mol. The minimum atomic E-state index is -1.10. The molecule has 6 rings (SSSR count). The van der Waals surface area contributed by atoms with Crippen LogP contribution in [0, 0.1) is 22.7 Å². The molecule has 1 aliphatic heterocycles. The third-order valence-corrected chi connectivity index (χ3v) is 7.71. The summed E-state index contributed by atoms with van der Waals surface area (Å²) >= 11 is 0. The highest BCUT2D eigenvalue weighted by atomic mass is 16.5. The van der Waals surface area contributed by atoms with Crippen molar-refractivity contribution in [2.45, 2.75) is 24.2 Å². The number of nitrogens with zero attached hydrogens (tertiary/aromatic N) is 2. The number of aliphatic carboxylic acids is 1. The summed E-state index contributed by atoms with van der Waals surface area (Å²) in [5, 5.41) is 19.8. The van der Waals surface area contributed by atoms with Crippen molar-refractivity contribution in [1.82, 2.24) is 4.90 Å². The summed E-state index contributed by atoms with van der Waals surface area (Å²) in [6.07, 6.45) is 2.04. The van der Waals surface area contributed by atoms with Gasteiger partial charge in [0.05, 0.1) is 23.3 Å². The van der Waals surface area contributed by atoms with Crippen molar-refractivity contribution in [3.63, 3.8) is 0 Å². The zero-order chi connectivity index (χ0) is 21.8. The van der Waals surface area contributed by atoms with Crippen LogP contribution >= 0.6 is 0 Å². The summed E-state index contributed by atoms with van der Waals surface area (Å²) in [6, 6.07) is 17.7. The van der Waals surface area contributed by atoms with Gasteiger partial charge in [-0.1, -0.05) is 43.0 Å². The van der Waals surface area contributed by atoms with E-state index in [9.17, 15) is 20.0 Å². The van der Waals surface area contributed by atoms with Gasteiger partial charge in [0.15, 0.2) is 0 Å². The summed E-state index contributed by atoms with van der Waals surface area (Å²) < 4.78 is 5.02. The normalized spacial score (nSPS) is 30.1. The molecule has 1 N–H and O–H groups in total. The van der Waals surface area contributed by atoms with Crippen molar-refractivity contribution >= 4 is 12.1 Å². The standard InChI is InChI=1S/C25H22N2O4/c1-2-31-23(30)27-14-21-24(17-9-7-16(13-26)8-10-17)12-11-20(25(21,15-27)22(28)29)18-5-3-4-6-19(18)24/h2-10,20-21H,1,11-12,14-15H2,(H,28,29). The molecule has 1 amide bonds. The van der Waals surface area contributed by atoms with Crippen LogP contribution < -0.4 is 0 Å². The second-order valence-corrected chi connectivity index (χ2v) is 8.67. The molecule has 1 saturated carbocycles. The predicted molar refractivity (Wildman–Crippen MR) is 112 cm³/mol. The zero-order valence-corrected chi connectivity index (χ0v) is 17.0. The fraction of sp³-hybridized carbons (Fsp3) is 0.320. The number of hydrogen-bond donors (Lipinski definition) is 1. The molecule has 2 aromatic carbocycles. The molecule has 6 heteroatoms. The van der Waals surface area contributed by atoms with E-state index in [2.05, 4.69) is 18.7 Å². The molecule has 2 fully saturated rings. The molecule has 4 atom stereocenters. The van der Waals surface area contributed by atoms with Crippen LogP contribution in [0.25, 0.3) is 0 Å². The van der Waals surface area contributed by atoms with E-state index in [0.717, 1.165) is 35.8 Å². The maximum absolute atomic E-state index is 12.9. The third-order valence-electron chi connectivity index (χ3n) is 7.71. The number of amides is 1. The van der Waals surface area contributed by atoms with E-state index in [-0.39, 0.29) is 18.4 Å². The minimum absolute atomic E-state index is 0.108. The molecule has 1 saturated heterocycles. The summed E-state index contributed by atoms with van der Waals surface area (Å²) in [4.78, 5) is 27.0. The Kier molecular flexibility index (Phi) is 4.19. The van der Waals surface area contributed by atoms with Gasteiger partial charge >= 0.3 is 12.1 Å². The van der Waals surface area contributed by atoms with Gasteiger partial charge in [0.25, 0.3) is 0 Å². The predicted octanol–water partition coefficient (Wildman–Crippen LogP) is 4.02. The number of carbonyl (C=O) groups is 2. The van der Waals surface area contributed by atoms with E-state index < -0.39 is 22.9 Å². The van der Waals surface area contributed by atoms with Gasteiger partial charge in [-0.05, 0) is 41.7 Å². The lowest BCUT2D eigenvalue weighted by molar-refractivity contribution is -0.157. The number of fused-ring (bicyclic) bond motifs is 1. The van der Waals surface area contributed by atoms with E-state index in [4.69, 9.17) is 4.74 Å². The molecule has 1 heterocycles. The smallest absolute Gasteiger partial charge is 0.414 e. The first-order valence-electron chi connectivity index (χ1n) is 10.4. The first-order chi connectivity index (χ1) is 15.0. The number of carboxylic acids is 1. The van der Waals surface area contributed by atoms with Crippen LogP contribution in [0.4, 0.5) is 4.79 Å². The van der Waals surface area contributed by atoms with Crippen molar-refractivity contribution in [2.24, 2.45) is 11.3 Å². The molecule has 0 radical (unpaired) electrons. The third kappa shape index (κ3) is 2.37. The van der Waals surface area contributed by atoms with Gasteiger partial charge in [-0.3, -0.25) is 4.79 Å². The van der Waals surface area contributed by atoms with Crippen LogP contribution in [0.5, 0.6) is 0 Å². The number of carbonyl (C=O) groups excluding carboxylic acids is 1. The highest BCUT2D eigenvalue weighted by molar-refractivity contribution is 5.82. The Morgan fingerprint density at radius 1 is 1.23 bits per heavy atom. The highest BCUT2D eigenvalue weighted by Gasteiger charge is 2.71. The molecule has 31 heavy (non-hydrogen) atoms. The Hall–Kier alpha value is -3.59. The van der Waals surface area contributed by atoms with E-state index in [1.54, 1.807) is 12.1 Å².